The minimum Gasteiger partial charge on any atom is -0.486 e. The number of hydrogen-bond acceptors (Lipinski definition) is 3. The average molecular weight is 285 g/mol. The topological polar surface area (TPSA) is 35.0 Å². The Morgan fingerprint density at radius 2 is 1.80 bits per heavy atom. The van der Waals surface area contributed by atoms with Gasteiger partial charge in [-0.15, -0.1) is 11.6 Å². The number of alkyl halides is 1. The quantitative estimate of drug-likeness (QED) is 0.681. The van der Waals surface area contributed by atoms with E-state index in [2.05, 4.69) is 22.1 Å². The first-order valence-corrected chi connectivity index (χ1v) is 6.86. The molecule has 0 spiro atoms. The fourth-order valence-electron chi connectivity index (χ4n) is 2.11. The lowest BCUT2D eigenvalue weighted by Gasteiger charge is -2.09. The van der Waals surface area contributed by atoms with Gasteiger partial charge in [-0.25, -0.2) is 9.97 Å². The first kappa shape index (κ1) is 12.9. The lowest BCUT2D eigenvalue weighted by molar-refractivity contribution is 0.296. The summed E-state index contributed by atoms with van der Waals surface area (Å²) in [7, 11) is 0. The molecule has 0 aliphatic carbocycles. The van der Waals surface area contributed by atoms with E-state index >= 15 is 0 Å². The van der Waals surface area contributed by atoms with E-state index in [1.165, 1.54) is 0 Å². The van der Waals surface area contributed by atoms with Crippen molar-refractivity contribution in [2.45, 2.75) is 12.5 Å². The Bertz CT molecular complexity index is 716. The largest absolute Gasteiger partial charge is 0.486 e. The SMILES string of the molecule is ClCc1cc(OCc2ncccn2)cc2ccccc12. The molecule has 0 saturated carbocycles. The number of fused-ring (bicyclic) bond motifs is 1. The van der Waals surface area contributed by atoms with Gasteiger partial charge in [0.15, 0.2) is 5.82 Å². The normalized spacial score (nSPS) is 10.7. The van der Waals surface area contributed by atoms with E-state index in [4.69, 9.17) is 16.3 Å². The second kappa shape index (κ2) is 5.88. The molecule has 4 heteroatoms. The van der Waals surface area contributed by atoms with Crippen LogP contribution in [-0.2, 0) is 12.5 Å². The summed E-state index contributed by atoms with van der Waals surface area (Å²) in [5, 5.41) is 2.28. The van der Waals surface area contributed by atoms with E-state index in [1.54, 1.807) is 18.5 Å². The molecule has 3 aromatic rings. The first-order chi connectivity index (χ1) is 9.86. The average Bonchev–Trinajstić information content (AvgIpc) is 2.53. The summed E-state index contributed by atoms with van der Waals surface area (Å²) in [6, 6.07) is 13.9. The Hall–Kier alpha value is -2.13. The highest BCUT2D eigenvalue weighted by Gasteiger charge is 2.05. The van der Waals surface area contributed by atoms with E-state index in [9.17, 15) is 0 Å². The van der Waals surface area contributed by atoms with Crippen LogP contribution in [0.5, 0.6) is 5.75 Å². The number of nitrogens with zero attached hydrogens (tertiary/aromatic N) is 2. The molecular weight excluding hydrogens is 272 g/mol. The molecule has 2 aromatic carbocycles. The molecule has 0 bridgehead atoms. The van der Waals surface area contributed by atoms with Gasteiger partial charge < -0.3 is 4.74 Å². The number of aromatic nitrogens is 2. The van der Waals surface area contributed by atoms with Gasteiger partial charge >= 0.3 is 0 Å². The Kier molecular flexibility index (Phi) is 3.79. The van der Waals surface area contributed by atoms with Crippen molar-refractivity contribution in [1.29, 1.82) is 0 Å². The molecule has 0 N–H and O–H groups in total. The van der Waals surface area contributed by atoms with Crippen LogP contribution >= 0.6 is 11.6 Å². The second-order valence-corrected chi connectivity index (χ2v) is 4.66. The van der Waals surface area contributed by atoms with E-state index in [1.807, 2.05) is 24.3 Å². The predicted octanol–water partition coefficient (Wildman–Crippen LogP) is 3.95. The van der Waals surface area contributed by atoms with Gasteiger partial charge in [0.1, 0.15) is 12.4 Å². The maximum atomic E-state index is 6.01. The summed E-state index contributed by atoms with van der Waals surface area (Å²) in [5.74, 6) is 1.90. The lowest BCUT2D eigenvalue weighted by atomic mass is 10.1. The number of benzene rings is 2. The molecule has 3 nitrogen and oxygen atoms in total. The standard InChI is InChI=1S/C16H13ClN2O/c17-10-13-9-14(8-12-4-1-2-5-15(12)13)20-11-16-18-6-3-7-19-16/h1-9H,10-11H2. The Morgan fingerprint density at radius 1 is 1.00 bits per heavy atom. The fourth-order valence-corrected chi connectivity index (χ4v) is 2.33. The maximum absolute atomic E-state index is 6.01. The highest BCUT2D eigenvalue weighted by Crippen LogP contribution is 2.26. The molecule has 3 rings (SSSR count). The first-order valence-electron chi connectivity index (χ1n) is 6.33. The third-order valence-corrected chi connectivity index (χ3v) is 3.34. The Labute approximate surface area is 122 Å². The molecule has 1 aromatic heterocycles. The Morgan fingerprint density at radius 3 is 2.60 bits per heavy atom. The van der Waals surface area contributed by atoms with Crippen LogP contribution < -0.4 is 4.74 Å². The van der Waals surface area contributed by atoms with Crippen LogP contribution in [0.1, 0.15) is 11.4 Å². The van der Waals surface area contributed by atoms with Gasteiger partial charge in [-0.3, -0.25) is 0 Å². The van der Waals surface area contributed by atoms with Gasteiger partial charge in [-0.2, -0.15) is 0 Å². The molecule has 0 radical (unpaired) electrons. The third kappa shape index (κ3) is 2.73. The van der Waals surface area contributed by atoms with Crippen molar-refractivity contribution in [3.63, 3.8) is 0 Å². The van der Waals surface area contributed by atoms with Crippen molar-refractivity contribution >= 4 is 22.4 Å². The molecule has 0 saturated heterocycles. The van der Waals surface area contributed by atoms with E-state index in [-0.39, 0.29) is 0 Å². The number of rotatable bonds is 4. The van der Waals surface area contributed by atoms with E-state index in [0.717, 1.165) is 22.1 Å². The zero-order valence-electron chi connectivity index (χ0n) is 10.8. The number of ether oxygens (including phenoxy) is 1. The monoisotopic (exact) mass is 284 g/mol. The summed E-state index contributed by atoms with van der Waals surface area (Å²) in [5.41, 5.74) is 1.06. The number of hydrogen-bond donors (Lipinski definition) is 0. The molecule has 0 unspecified atom stereocenters. The van der Waals surface area contributed by atoms with Crippen molar-refractivity contribution in [2.75, 3.05) is 0 Å². The van der Waals surface area contributed by atoms with E-state index < -0.39 is 0 Å². The van der Waals surface area contributed by atoms with Gasteiger partial charge in [0, 0.05) is 18.3 Å². The summed E-state index contributed by atoms with van der Waals surface area (Å²) in [6.07, 6.45) is 3.41. The fraction of sp³-hybridized carbons (Fsp3) is 0.125. The zero-order chi connectivity index (χ0) is 13.8. The molecule has 1 heterocycles. The van der Waals surface area contributed by atoms with Crippen LogP contribution in [0.4, 0.5) is 0 Å². The van der Waals surface area contributed by atoms with Crippen LogP contribution in [0.15, 0.2) is 54.9 Å². The highest BCUT2D eigenvalue weighted by atomic mass is 35.5. The lowest BCUT2D eigenvalue weighted by Crippen LogP contribution is -2.00. The van der Waals surface area contributed by atoms with Gasteiger partial charge in [0.2, 0.25) is 0 Å². The molecule has 0 fully saturated rings. The smallest absolute Gasteiger partial charge is 0.166 e. The predicted molar refractivity (Wildman–Crippen MR) is 79.9 cm³/mol. The van der Waals surface area contributed by atoms with Crippen molar-refractivity contribution in [3.8, 4) is 5.75 Å². The second-order valence-electron chi connectivity index (χ2n) is 4.39. The molecule has 0 amide bonds. The summed E-state index contributed by atoms with van der Waals surface area (Å²) >= 11 is 6.01. The van der Waals surface area contributed by atoms with Gasteiger partial charge in [0.05, 0.1) is 0 Å². The maximum Gasteiger partial charge on any atom is 0.166 e. The van der Waals surface area contributed by atoms with E-state index in [0.29, 0.717) is 18.3 Å². The molecule has 0 atom stereocenters. The molecular formula is C16H13ClN2O. The van der Waals surface area contributed by atoms with Crippen molar-refractivity contribution in [2.24, 2.45) is 0 Å². The summed E-state index contributed by atoms with van der Waals surface area (Å²) < 4.78 is 5.76. The zero-order valence-corrected chi connectivity index (χ0v) is 11.5. The van der Waals surface area contributed by atoms with Gasteiger partial charge in [0.25, 0.3) is 0 Å². The van der Waals surface area contributed by atoms with Gasteiger partial charge in [-0.1, -0.05) is 24.3 Å². The third-order valence-electron chi connectivity index (χ3n) is 3.05. The van der Waals surface area contributed by atoms with Crippen molar-refractivity contribution < 1.29 is 4.74 Å². The molecule has 0 aliphatic heterocycles. The molecule has 0 aliphatic rings. The number of halogens is 1. The van der Waals surface area contributed by atoms with Gasteiger partial charge in [-0.05, 0) is 34.5 Å². The van der Waals surface area contributed by atoms with Crippen molar-refractivity contribution in [1.82, 2.24) is 9.97 Å². The van der Waals surface area contributed by atoms with Crippen LogP contribution in [0, 0.1) is 0 Å². The Balaban J connectivity index is 1.88. The minimum atomic E-state index is 0.348. The van der Waals surface area contributed by atoms with Crippen LogP contribution in [0.2, 0.25) is 0 Å². The van der Waals surface area contributed by atoms with Crippen molar-refractivity contribution in [3.05, 3.63) is 66.2 Å². The molecule has 20 heavy (non-hydrogen) atoms. The van der Waals surface area contributed by atoms with Crippen LogP contribution in [-0.4, -0.2) is 9.97 Å². The van der Waals surface area contributed by atoms with Crippen LogP contribution in [0.25, 0.3) is 10.8 Å². The minimum absolute atomic E-state index is 0.348. The molecule has 100 valence electrons. The van der Waals surface area contributed by atoms with Crippen LogP contribution in [0.3, 0.4) is 0 Å². The summed E-state index contributed by atoms with van der Waals surface area (Å²) in [6.45, 7) is 0.348. The highest BCUT2D eigenvalue weighted by molar-refractivity contribution is 6.18. The summed E-state index contributed by atoms with van der Waals surface area (Å²) in [4.78, 5) is 8.27.